The van der Waals surface area contributed by atoms with Gasteiger partial charge >= 0.3 is 5.97 Å². The van der Waals surface area contributed by atoms with Crippen molar-refractivity contribution in [2.75, 3.05) is 18.6 Å². The van der Waals surface area contributed by atoms with Gasteiger partial charge in [0.1, 0.15) is 18.1 Å². The van der Waals surface area contributed by atoms with Crippen LogP contribution < -0.4 is 33.2 Å². The van der Waals surface area contributed by atoms with Crippen molar-refractivity contribution in [2.45, 2.75) is 64.2 Å². The van der Waals surface area contributed by atoms with Gasteiger partial charge in [-0.3, -0.25) is 19.4 Å². The molecule has 0 aliphatic rings. The predicted molar refractivity (Wildman–Crippen MR) is 125 cm³/mol. The van der Waals surface area contributed by atoms with E-state index in [4.69, 9.17) is 17.2 Å². The van der Waals surface area contributed by atoms with E-state index in [9.17, 15) is 24.3 Å². The maximum Gasteiger partial charge on any atom is 0.326 e. The standard InChI is InChI=1S/C19H37N7O5S/c1-10(2)14(18(30)31)26-17(29)13(7-9-32-4)25-16(28)12(24-15(27)11(3)20)6-5-8-23-19(21)22/h10-14H,5-9,20H2,1-4H3,(H,24,27)(H,25,28)(H,26,29)(H,30,31)(H4,21,22,23). The number of carbonyl (C=O) groups is 4. The monoisotopic (exact) mass is 475 g/mol. The number of rotatable bonds is 15. The molecule has 0 rings (SSSR count). The fourth-order valence-electron chi connectivity index (χ4n) is 2.62. The molecule has 0 heterocycles. The molecule has 12 nitrogen and oxygen atoms in total. The van der Waals surface area contributed by atoms with Gasteiger partial charge in [0, 0.05) is 6.54 Å². The molecule has 0 bridgehead atoms. The summed E-state index contributed by atoms with van der Waals surface area (Å²) in [5, 5.41) is 17.0. The molecule has 0 spiro atoms. The first kappa shape index (κ1) is 29.5. The van der Waals surface area contributed by atoms with Crippen molar-refractivity contribution in [3.8, 4) is 0 Å². The summed E-state index contributed by atoms with van der Waals surface area (Å²) in [5.41, 5.74) is 16.2. The van der Waals surface area contributed by atoms with Gasteiger partial charge in [-0.05, 0) is 44.1 Å². The van der Waals surface area contributed by atoms with E-state index in [0.29, 0.717) is 12.2 Å². The molecule has 0 aliphatic heterocycles. The Kier molecular flexibility index (Phi) is 14.1. The lowest BCUT2D eigenvalue weighted by Crippen LogP contribution is -2.57. The number of carboxylic acid groups (broad SMARTS) is 1. The van der Waals surface area contributed by atoms with E-state index in [1.807, 2.05) is 6.26 Å². The number of guanidine groups is 1. The second kappa shape index (κ2) is 15.3. The number of thioether (sulfide) groups is 1. The highest BCUT2D eigenvalue weighted by atomic mass is 32.2. The first-order valence-electron chi connectivity index (χ1n) is 10.3. The van der Waals surface area contributed by atoms with Gasteiger partial charge in [0.05, 0.1) is 6.04 Å². The number of amides is 3. The fraction of sp³-hybridized carbons (Fsp3) is 0.737. The summed E-state index contributed by atoms with van der Waals surface area (Å²) in [5.74, 6) is -2.75. The number of nitrogens with zero attached hydrogens (tertiary/aromatic N) is 1. The van der Waals surface area contributed by atoms with Crippen LogP contribution in [0.4, 0.5) is 0 Å². The molecular formula is C19H37N7O5S. The molecule has 10 N–H and O–H groups in total. The van der Waals surface area contributed by atoms with Gasteiger partial charge in [0.25, 0.3) is 0 Å². The van der Waals surface area contributed by atoms with Gasteiger partial charge in [0.2, 0.25) is 17.7 Å². The summed E-state index contributed by atoms with van der Waals surface area (Å²) < 4.78 is 0. The van der Waals surface area contributed by atoms with Crippen molar-refractivity contribution < 1.29 is 24.3 Å². The van der Waals surface area contributed by atoms with E-state index in [1.54, 1.807) is 13.8 Å². The summed E-state index contributed by atoms with van der Waals surface area (Å²) in [6.45, 7) is 5.08. The summed E-state index contributed by atoms with van der Waals surface area (Å²) >= 11 is 1.48. The molecule has 4 atom stereocenters. The van der Waals surface area contributed by atoms with Crippen LogP contribution in [0.3, 0.4) is 0 Å². The van der Waals surface area contributed by atoms with Gasteiger partial charge < -0.3 is 38.3 Å². The number of hydrogen-bond donors (Lipinski definition) is 7. The lowest BCUT2D eigenvalue weighted by Gasteiger charge is -2.25. The van der Waals surface area contributed by atoms with Crippen LogP contribution in [-0.4, -0.2) is 77.5 Å². The van der Waals surface area contributed by atoms with Crippen LogP contribution in [0.15, 0.2) is 4.99 Å². The van der Waals surface area contributed by atoms with E-state index in [1.165, 1.54) is 18.7 Å². The molecule has 0 radical (unpaired) electrons. The Bertz CT molecular complexity index is 668. The lowest BCUT2D eigenvalue weighted by atomic mass is 10.0. The smallest absolute Gasteiger partial charge is 0.326 e. The molecule has 4 unspecified atom stereocenters. The highest BCUT2D eigenvalue weighted by molar-refractivity contribution is 7.98. The molecule has 0 saturated heterocycles. The Labute approximate surface area is 192 Å². The molecule has 0 aromatic rings. The summed E-state index contributed by atoms with van der Waals surface area (Å²) in [4.78, 5) is 53.0. The Morgan fingerprint density at radius 2 is 1.47 bits per heavy atom. The zero-order chi connectivity index (χ0) is 24.8. The highest BCUT2D eigenvalue weighted by Gasteiger charge is 2.30. The van der Waals surface area contributed by atoms with Crippen LogP contribution in [0.25, 0.3) is 0 Å². The molecule has 0 saturated carbocycles. The normalized spacial score (nSPS) is 14.6. The second-order valence-corrected chi connectivity index (χ2v) is 8.70. The minimum Gasteiger partial charge on any atom is -0.480 e. The topological polar surface area (TPSA) is 215 Å². The van der Waals surface area contributed by atoms with Crippen molar-refractivity contribution in [3.63, 3.8) is 0 Å². The number of aliphatic carboxylic acids is 1. The lowest BCUT2D eigenvalue weighted by molar-refractivity contribution is -0.143. The predicted octanol–water partition coefficient (Wildman–Crippen LogP) is -1.66. The molecule has 184 valence electrons. The zero-order valence-corrected chi connectivity index (χ0v) is 19.9. The van der Waals surface area contributed by atoms with E-state index < -0.39 is 47.9 Å². The molecule has 0 aliphatic carbocycles. The molecule has 3 amide bonds. The maximum atomic E-state index is 12.9. The Balaban J connectivity index is 5.41. The Morgan fingerprint density at radius 1 is 0.938 bits per heavy atom. The molecular weight excluding hydrogens is 438 g/mol. The fourth-order valence-corrected chi connectivity index (χ4v) is 3.09. The highest BCUT2D eigenvalue weighted by Crippen LogP contribution is 2.07. The molecule has 0 aromatic carbocycles. The first-order chi connectivity index (χ1) is 14.9. The summed E-state index contributed by atoms with van der Waals surface area (Å²) in [7, 11) is 0. The number of carboxylic acids is 1. The third-order valence-corrected chi connectivity index (χ3v) is 5.11. The van der Waals surface area contributed by atoms with Gasteiger partial charge in [-0.15, -0.1) is 0 Å². The molecule has 13 heteroatoms. The largest absolute Gasteiger partial charge is 0.480 e. The minimum absolute atomic E-state index is 0.0856. The van der Waals surface area contributed by atoms with E-state index in [0.717, 1.165) is 0 Å². The minimum atomic E-state index is -1.16. The van der Waals surface area contributed by atoms with Crippen molar-refractivity contribution >= 4 is 41.4 Å². The Hall–Kier alpha value is -2.54. The average Bonchev–Trinajstić information content (AvgIpc) is 2.69. The first-order valence-corrected chi connectivity index (χ1v) is 11.7. The van der Waals surface area contributed by atoms with Crippen LogP contribution >= 0.6 is 11.8 Å². The average molecular weight is 476 g/mol. The SMILES string of the molecule is CSCCC(NC(=O)C(CCCN=C(N)N)NC(=O)C(C)N)C(=O)NC(C(=O)O)C(C)C. The van der Waals surface area contributed by atoms with E-state index in [2.05, 4.69) is 20.9 Å². The van der Waals surface area contributed by atoms with Crippen LogP contribution in [0.5, 0.6) is 0 Å². The second-order valence-electron chi connectivity index (χ2n) is 7.71. The van der Waals surface area contributed by atoms with Gasteiger partial charge in [-0.25, -0.2) is 4.79 Å². The summed E-state index contributed by atoms with van der Waals surface area (Å²) in [6, 6.07) is -3.86. The maximum absolute atomic E-state index is 12.9. The quantitative estimate of drug-likeness (QED) is 0.0817. The van der Waals surface area contributed by atoms with Crippen molar-refractivity contribution in [1.82, 2.24) is 16.0 Å². The van der Waals surface area contributed by atoms with E-state index in [-0.39, 0.29) is 31.3 Å². The van der Waals surface area contributed by atoms with Crippen LogP contribution in [0.2, 0.25) is 0 Å². The number of aliphatic imine (C=N–C) groups is 1. The molecule has 0 fully saturated rings. The van der Waals surface area contributed by atoms with Crippen LogP contribution in [-0.2, 0) is 19.2 Å². The third kappa shape index (κ3) is 11.7. The van der Waals surface area contributed by atoms with Crippen molar-refractivity contribution in [3.05, 3.63) is 0 Å². The van der Waals surface area contributed by atoms with Gasteiger partial charge in [-0.2, -0.15) is 11.8 Å². The van der Waals surface area contributed by atoms with Crippen molar-refractivity contribution in [1.29, 1.82) is 0 Å². The number of hydrogen-bond acceptors (Lipinski definition) is 7. The number of nitrogens with two attached hydrogens (primary N) is 3. The number of nitrogens with one attached hydrogen (secondary N) is 3. The molecule has 0 aromatic heterocycles. The van der Waals surface area contributed by atoms with Crippen LogP contribution in [0.1, 0.15) is 40.0 Å². The van der Waals surface area contributed by atoms with Gasteiger partial charge in [-0.1, -0.05) is 13.8 Å². The van der Waals surface area contributed by atoms with Crippen LogP contribution in [0, 0.1) is 5.92 Å². The Morgan fingerprint density at radius 3 is 1.94 bits per heavy atom. The molecule has 32 heavy (non-hydrogen) atoms. The zero-order valence-electron chi connectivity index (χ0n) is 19.1. The van der Waals surface area contributed by atoms with Crippen molar-refractivity contribution in [2.24, 2.45) is 28.1 Å². The number of carbonyl (C=O) groups excluding carboxylic acids is 3. The third-order valence-electron chi connectivity index (χ3n) is 4.47. The summed E-state index contributed by atoms with van der Waals surface area (Å²) in [6.07, 6.45) is 2.73. The van der Waals surface area contributed by atoms with E-state index >= 15 is 0 Å². The van der Waals surface area contributed by atoms with Gasteiger partial charge in [0.15, 0.2) is 5.96 Å².